The summed E-state index contributed by atoms with van der Waals surface area (Å²) in [5.74, 6) is -1.46. The largest absolute Gasteiger partial charge is 0.481 e. The van der Waals surface area contributed by atoms with Gasteiger partial charge in [0, 0.05) is 11.3 Å². The van der Waals surface area contributed by atoms with E-state index in [9.17, 15) is 14.9 Å². The molecule has 0 spiro atoms. The molecule has 7 heteroatoms. The van der Waals surface area contributed by atoms with Gasteiger partial charge in [0.1, 0.15) is 5.76 Å². The van der Waals surface area contributed by atoms with Gasteiger partial charge < -0.3 is 14.8 Å². The number of carboxylic acids is 1. The van der Waals surface area contributed by atoms with Gasteiger partial charge in [0.05, 0.1) is 34.6 Å². The van der Waals surface area contributed by atoms with E-state index in [1.54, 1.807) is 19.1 Å². The van der Waals surface area contributed by atoms with Gasteiger partial charge in [-0.3, -0.25) is 9.59 Å². The third-order valence-electron chi connectivity index (χ3n) is 3.19. The zero-order chi connectivity index (χ0) is 16.3. The Labute approximate surface area is 131 Å². The summed E-state index contributed by atoms with van der Waals surface area (Å²) in [6.45, 7) is 3.16. The molecule has 0 amide bonds. The number of carbonyl (C=O) groups is 2. The Morgan fingerprint density at radius 1 is 1.55 bits per heavy atom. The van der Waals surface area contributed by atoms with Crippen molar-refractivity contribution in [3.63, 3.8) is 0 Å². The van der Waals surface area contributed by atoms with Crippen LogP contribution in [-0.4, -0.2) is 22.6 Å². The van der Waals surface area contributed by atoms with Gasteiger partial charge in [-0.2, -0.15) is 5.26 Å². The van der Waals surface area contributed by atoms with Crippen LogP contribution in [0, 0.1) is 11.3 Å². The molecule has 0 saturated carbocycles. The van der Waals surface area contributed by atoms with E-state index < -0.39 is 11.9 Å². The lowest BCUT2D eigenvalue weighted by molar-refractivity contribution is -0.133. The molecule has 2 heterocycles. The maximum absolute atomic E-state index is 12.0. The van der Waals surface area contributed by atoms with Crippen LogP contribution < -0.4 is 5.32 Å². The molecule has 6 nitrogen and oxygen atoms in total. The Bertz CT molecular complexity index is 710. The lowest BCUT2D eigenvalue weighted by atomic mass is 9.84. The lowest BCUT2D eigenvalue weighted by Crippen LogP contribution is -2.27. The van der Waals surface area contributed by atoms with Gasteiger partial charge in [-0.25, -0.2) is 0 Å². The average molecular weight is 318 g/mol. The molecule has 0 aliphatic carbocycles. The maximum atomic E-state index is 12.0. The molecule has 1 aliphatic heterocycles. The average Bonchev–Trinajstić information content (AvgIpc) is 2.97. The highest BCUT2D eigenvalue weighted by atomic mass is 32.2. The minimum Gasteiger partial charge on any atom is -0.481 e. The molecule has 1 aliphatic rings. The first-order valence-electron chi connectivity index (χ1n) is 6.46. The normalized spacial score (nSPS) is 18.0. The Hall–Kier alpha value is -2.46. The molecule has 2 rings (SSSR count). The number of allylic oxidation sites excluding steroid dienone is 3. The molecule has 2 N–H and O–H groups in total. The maximum Gasteiger partial charge on any atom is 0.313 e. The van der Waals surface area contributed by atoms with Crippen molar-refractivity contribution in [3.05, 3.63) is 46.0 Å². The Morgan fingerprint density at radius 3 is 2.77 bits per heavy atom. The zero-order valence-corrected chi connectivity index (χ0v) is 12.9. The molecule has 0 unspecified atom stereocenters. The molecule has 0 bridgehead atoms. The second-order valence-corrected chi connectivity index (χ2v) is 5.69. The number of dihydropyridines is 1. The van der Waals surface area contributed by atoms with Crippen LogP contribution >= 0.6 is 11.8 Å². The number of nitriles is 1. The summed E-state index contributed by atoms with van der Waals surface area (Å²) >= 11 is 1.02. The smallest absolute Gasteiger partial charge is 0.313 e. The number of aliphatic carboxylic acids is 1. The van der Waals surface area contributed by atoms with Gasteiger partial charge in [0.15, 0.2) is 5.78 Å². The van der Waals surface area contributed by atoms with Crippen LogP contribution in [0.3, 0.4) is 0 Å². The lowest BCUT2D eigenvalue weighted by Gasteiger charge is -2.27. The molecule has 0 aromatic carbocycles. The van der Waals surface area contributed by atoms with E-state index in [1.165, 1.54) is 13.2 Å². The van der Waals surface area contributed by atoms with E-state index >= 15 is 0 Å². The number of carbonyl (C=O) groups excluding carboxylic acids is 1. The molecule has 0 saturated heterocycles. The van der Waals surface area contributed by atoms with Crippen molar-refractivity contribution in [1.82, 2.24) is 5.32 Å². The third kappa shape index (κ3) is 3.07. The fraction of sp³-hybridized carbons (Fsp3) is 0.267. The van der Waals surface area contributed by atoms with Gasteiger partial charge in [-0.1, -0.05) is 11.8 Å². The number of rotatable bonds is 5. The number of nitrogens with zero attached hydrogens (tertiary/aromatic N) is 1. The molecule has 22 heavy (non-hydrogen) atoms. The Balaban J connectivity index is 2.52. The van der Waals surface area contributed by atoms with Crippen LogP contribution in [0.4, 0.5) is 0 Å². The summed E-state index contributed by atoms with van der Waals surface area (Å²) in [6, 6.07) is 5.46. The Kier molecular flexibility index (Phi) is 4.73. The third-order valence-corrected chi connectivity index (χ3v) is 4.20. The van der Waals surface area contributed by atoms with Crippen molar-refractivity contribution >= 4 is 23.5 Å². The van der Waals surface area contributed by atoms with Crippen LogP contribution in [0.25, 0.3) is 0 Å². The highest BCUT2D eigenvalue weighted by Crippen LogP contribution is 2.40. The highest BCUT2D eigenvalue weighted by molar-refractivity contribution is 8.03. The number of hydrogen-bond acceptors (Lipinski definition) is 6. The Morgan fingerprint density at radius 2 is 2.27 bits per heavy atom. The number of hydrogen-bond donors (Lipinski definition) is 2. The number of ketones is 1. The topological polar surface area (TPSA) is 103 Å². The van der Waals surface area contributed by atoms with Gasteiger partial charge in [0.25, 0.3) is 0 Å². The molecule has 0 fully saturated rings. The van der Waals surface area contributed by atoms with E-state index in [0.29, 0.717) is 22.1 Å². The predicted octanol–water partition coefficient (Wildman–Crippen LogP) is 2.38. The number of nitrogens with one attached hydrogen (secondary N) is 1. The van der Waals surface area contributed by atoms with E-state index in [0.717, 1.165) is 11.8 Å². The molecule has 114 valence electrons. The van der Waals surface area contributed by atoms with Gasteiger partial charge in [-0.05, 0) is 26.0 Å². The first kappa shape index (κ1) is 15.9. The van der Waals surface area contributed by atoms with Crippen molar-refractivity contribution in [2.75, 3.05) is 5.75 Å². The van der Waals surface area contributed by atoms with Crippen LogP contribution in [0.15, 0.2) is 44.7 Å². The molecule has 1 aromatic rings. The van der Waals surface area contributed by atoms with Crippen molar-refractivity contribution < 1.29 is 19.1 Å². The second kappa shape index (κ2) is 6.54. The van der Waals surface area contributed by atoms with Crippen molar-refractivity contribution in [1.29, 1.82) is 5.26 Å². The van der Waals surface area contributed by atoms with Gasteiger partial charge in [-0.15, -0.1) is 0 Å². The first-order valence-corrected chi connectivity index (χ1v) is 7.45. The van der Waals surface area contributed by atoms with Crippen LogP contribution in [0.5, 0.6) is 0 Å². The van der Waals surface area contributed by atoms with Gasteiger partial charge >= 0.3 is 5.97 Å². The summed E-state index contributed by atoms with van der Waals surface area (Å²) in [5, 5.41) is 21.7. The van der Waals surface area contributed by atoms with Gasteiger partial charge in [0.2, 0.25) is 0 Å². The van der Waals surface area contributed by atoms with E-state index in [4.69, 9.17) is 9.52 Å². The van der Waals surface area contributed by atoms with Crippen LogP contribution in [0.2, 0.25) is 0 Å². The summed E-state index contributed by atoms with van der Waals surface area (Å²) in [4.78, 5) is 22.7. The predicted molar refractivity (Wildman–Crippen MR) is 80.7 cm³/mol. The number of thioether (sulfide) groups is 1. The van der Waals surface area contributed by atoms with Crippen LogP contribution in [0.1, 0.15) is 25.5 Å². The monoisotopic (exact) mass is 318 g/mol. The molecular formula is C15H14N2O4S. The van der Waals surface area contributed by atoms with Crippen molar-refractivity contribution in [2.24, 2.45) is 0 Å². The minimum atomic E-state index is -0.981. The number of Topliss-reactive ketones (excluding diaryl/α,β-unsaturated/α-hetero) is 1. The SMILES string of the molecule is CC(=O)C1=C(C)NC(SCC(=O)O)=C(C#N)[C@@H]1c1ccco1. The summed E-state index contributed by atoms with van der Waals surface area (Å²) in [7, 11) is 0. The van der Waals surface area contributed by atoms with Crippen LogP contribution in [-0.2, 0) is 9.59 Å². The summed E-state index contributed by atoms with van der Waals surface area (Å²) < 4.78 is 5.38. The standard InChI is InChI=1S/C15H14N2O4S/c1-8-13(9(2)18)14(11-4-3-5-21-11)10(6-16)15(17-8)22-7-12(19)20/h3-5,14,17H,7H2,1-2H3,(H,19,20)/t14-/m1/s1. The minimum absolute atomic E-state index is 0.165. The zero-order valence-electron chi connectivity index (χ0n) is 12.0. The van der Waals surface area contributed by atoms with E-state index in [1.807, 2.05) is 0 Å². The fourth-order valence-electron chi connectivity index (χ4n) is 2.37. The molecule has 1 aromatic heterocycles. The number of carboxylic acid groups (broad SMARTS) is 1. The number of furan rings is 1. The molecule has 0 radical (unpaired) electrons. The molecule has 1 atom stereocenters. The quantitative estimate of drug-likeness (QED) is 0.859. The summed E-state index contributed by atoms with van der Waals surface area (Å²) in [5.41, 5.74) is 1.34. The second-order valence-electron chi connectivity index (χ2n) is 4.71. The van der Waals surface area contributed by atoms with E-state index in [2.05, 4.69) is 11.4 Å². The van der Waals surface area contributed by atoms with Crippen molar-refractivity contribution in [2.45, 2.75) is 19.8 Å². The highest BCUT2D eigenvalue weighted by Gasteiger charge is 2.34. The summed E-state index contributed by atoms with van der Waals surface area (Å²) in [6.07, 6.45) is 1.48. The fourth-order valence-corrected chi connectivity index (χ4v) is 3.18. The first-order chi connectivity index (χ1) is 10.5. The molecular weight excluding hydrogens is 304 g/mol. The van der Waals surface area contributed by atoms with E-state index in [-0.39, 0.29) is 17.1 Å². The van der Waals surface area contributed by atoms with Crippen molar-refractivity contribution in [3.8, 4) is 6.07 Å².